The standard InChI is InChI=1S/C13H14F4N2O2/c1-21-11-6-18-5-10(11)19-12(20)7-2-8(13(15,16)17)4-9(14)3-7/h2-4,10-11,18H,5-6H2,1H3,(H,19,20)/t10-,11-/m0/s1. The van der Waals surface area contributed by atoms with E-state index in [4.69, 9.17) is 4.74 Å². The Morgan fingerprint density at radius 1 is 1.33 bits per heavy atom. The number of ether oxygens (including phenoxy) is 1. The third kappa shape index (κ3) is 3.70. The molecule has 1 heterocycles. The van der Waals surface area contributed by atoms with Crippen LogP contribution in [-0.2, 0) is 10.9 Å². The van der Waals surface area contributed by atoms with Gasteiger partial charge in [0.1, 0.15) is 5.82 Å². The minimum Gasteiger partial charge on any atom is -0.378 e. The number of hydrogen-bond donors (Lipinski definition) is 2. The fraction of sp³-hybridized carbons (Fsp3) is 0.462. The molecule has 1 aliphatic rings. The number of rotatable bonds is 3. The highest BCUT2D eigenvalue weighted by molar-refractivity contribution is 5.94. The van der Waals surface area contributed by atoms with Crippen LogP contribution >= 0.6 is 0 Å². The number of carbonyl (C=O) groups is 1. The molecule has 2 atom stereocenters. The van der Waals surface area contributed by atoms with Crippen LogP contribution in [0, 0.1) is 5.82 Å². The largest absolute Gasteiger partial charge is 0.416 e. The highest BCUT2D eigenvalue weighted by Gasteiger charge is 2.33. The summed E-state index contributed by atoms with van der Waals surface area (Å²) in [5, 5.41) is 5.52. The van der Waals surface area contributed by atoms with Crippen molar-refractivity contribution in [1.82, 2.24) is 10.6 Å². The molecule has 116 valence electrons. The maximum atomic E-state index is 13.3. The number of halogens is 4. The predicted octanol–water partition coefficient (Wildman–Crippen LogP) is 1.56. The Morgan fingerprint density at radius 2 is 2.05 bits per heavy atom. The van der Waals surface area contributed by atoms with Crippen LogP contribution in [-0.4, -0.2) is 38.3 Å². The molecule has 21 heavy (non-hydrogen) atoms. The second-order valence-corrected chi connectivity index (χ2v) is 4.74. The van der Waals surface area contributed by atoms with Gasteiger partial charge in [-0.15, -0.1) is 0 Å². The molecular weight excluding hydrogens is 292 g/mol. The van der Waals surface area contributed by atoms with Gasteiger partial charge in [-0.05, 0) is 18.2 Å². The molecule has 1 amide bonds. The van der Waals surface area contributed by atoms with Gasteiger partial charge in [-0.1, -0.05) is 0 Å². The van der Waals surface area contributed by atoms with Gasteiger partial charge in [0.05, 0.1) is 17.7 Å². The first-order valence-corrected chi connectivity index (χ1v) is 6.23. The molecule has 0 unspecified atom stereocenters. The average Bonchev–Trinajstić information content (AvgIpc) is 2.84. The molecule has 8 heteroatoms. The van der Waals surface area contributed by atoms with Gasteiger partial charge in [-0.2, -0.15) is 13.2 Å². The van der Waals surface area contributed by atoms with Crippen LogP contribution in [0.3, 0.4) is 0 Å². The highest BCUT2D eigenvalue weighted by Crippen LogP contribution is 2.30. The molecule has 0 radical (unpaired) electrons. The molecular formula is C13H14F4N2O2. The second kappa shape index (κ2) is 5.98. The zero-order valence-electron chi connectivity index (χ0n) is 11.1. The van der Waals surface area contributed by atoms with Crippen LogP contribution in [0.2, 0.25) is 0 Å². The van der Waals surface area contributed by atoms with Crippen molar-refractivity contribution < 1.29 is 27.1 Å². The van der Waals surface area contributed by atoms with Crippen molar-refractivity contribution >= 4 is 5.91 Å². The smallest absolute Gasteiger partial charge is 0.378 e. The molecule has 1 saturated heterocycles. The van der Waals surface area contributed by atoms with Crippen molar-refractivity contribution in [1.29, 1.82) is 0 Å². The summed E-state index contributed by atoms with van der Waals surface area (Å²) in [4.78, 5) is 12.0. The summed E-state index contributed by atoms with van der Waals surface area (Å²) < 4.78 is 56.2. The van der Waals surface area contributed by atoms with Crippen molar-refractivity contribution in [3.05, 3.63) is 35.1 Å². The Bertz CT molecular complexity index is 533. The van der Waals surface area contributed by atoms with Crippen molar-refractivity contribution in [2.75, 3.05) is 20.2 Å². The quantitative estimate of drug-likeness (QED) is 0.833. The Hall–Kier alpha value is -1.67. The van der Waals surface area contributed by atoms with E-state index in [1.54, 1.807) is 0 Å². The molecule has 0 spiro atoms. The number of benzene rings is 1. The SMILES string of the molecule is CO[C@H]1CNC[C@@H]1NC(=O)c1cc(F)cc(C(F)(F)F)c1. The second-order valence-electron chi connectivity index (χ2n) is 4.74. The zero-order chi connectivity index (χ0) is 15.6. The van der Waals surface area contributed by atoms with E-state index in [0.29, 0.717) is 25.2 Å². The normalized spacial score (nSPS) is 22.3. The lowest BCUT2D eigenvalue weighted by molar-refractivity contribution is -0.137. The van der Waals surface area contributed by atoms with Gasteiger partial charge in [0.25, 0.3) is 5.91 Å². The summed E-state index contributed by atoms with van der Waals surface area (Å²) in [5.41, 5.74) is -1.57. The average molecular weight is 306 g/mol. The molecule has 1 aromatic carbocycles. The van der Waals surface area contributed by atoms with Crippen LogP contribution < -0.4 is 10.6 Å². The fourth-order valence-corrected chi connectivity index (χ4v) is 2.18. The lowest BCUT2D eigenvalue weighted by Crippen LogP contribution is -2.43. The first-order valence-electron chi connectivity index (χ1n) is 6.23. The van der Waals surface area contributed by atoms with E-state index < -0.39 is 23.5 Å². The fourth-order valence-electron chi connectivity index (χ4n) is 2.18. The minimum absolute atomic E-state index is 0.274. The maximum Gasteiger partial charge on any atom is 0.416 e. The Balaban J connectivity index is 2.17. The first-order chi connectivity index (χ1) is 9.81. The van der Waals surface area contributed by atoms with E-state index in [9.17, 15) is 22.4 Å². The van der Waals surface area contributed by atoms with Crippen LogP contribution in [0.25, 0.3) is 0 Å². The van der Waals surface area contributed by atoms with Gasteiger partial charge in [-0.3, -0.25) is 4.79 Å². The highest BCUT2D eigenvalue weighted by atomic mass is 19.4. The summed E-state index contributed by atoms with van der Waals surface area (Å²) in [5.74, 6) is -1.88. The van der Waals surface area contributed by atoms with E-state index in [1.807, 2.05) is 0 Å². The predicted molar refractivity (Wildman–Crippen MR) is 66.3 cm³/mol. The summed E-state index contributed by atoms with van der Waals surface area (Å²) in [7, 11) is 1.47. The molecule has 1 aliphatic heterocycles. The minimum atomic E-state index is -4.71. The van der Waals surface area contributed by atoms with E-state index in [0.717, 1.165) is 6.07 Å². The first kappa shape index (κ1) is 15.7. The van der Waals surface area contributed by atoms with Crippen molar-refractivity contribution in [3.8, 4) is 0 Å². The number of carbonyl (C=O) groups excluding carboxylic acids is 1. The summed E-state index contributed by atoms with van der Waals surface area (Å²) in [6.07, 6.45) is -4.98. The summed E-state index contributed by atoms with van der Waals surface area (Å²) >= 11 is 0. The van der Waals surface area contributed by atoms with Crippen molar-refractivity contribution in [3.63, 3.8) is 0 Å². The van der Waals surface area contributed by atoms with E-state index in [2.05, 4.69) is 10.6 Å². The van der Waals surface area contributed by atoms with Crippen LogP contribution in [0.15, 0.2) is 18.2 Å². The van der Waals surface area contributed by atoms with Gasteiger partial charge >= 0.3 is 6.18 Å². The van der Waals surface area contributed by atoms with Crippen LogP contribution in [0.5, 0.6) is 0 Å². The topological polar surface area (TPSA) is 50.4 Å². The van der Waals surface area contributed by atoms with Gasteiger partial charge in [0.15, 0.2) is 0 Å². The Kier molecular flexibility index (Phi) is 4.48. The van der Waals surface area contributed by atoms with E-state index >= 15 is 0 Å². The Morgan fingerprint density at radius 3 is 2.67 bits per heavy atom. The molecule has 0 bridgehead atoms. The molecule has 4 nitrogen and oxygen atoms in total. The molecule has 2 rings (SSSR count). The van der Waals surface area contributed by atoms with Crippen LogP contribution in [0.1, 0.15) is 15.9 Å². The van der Waals surface area contributed by atoms with Crippen molar-refractivity contribution in [2.24, 2.45) is 0 Å². The molecule has 0 saturated carbocycles. The van der Waals surface area contributed by atoms with Gasteiger partial charge in [-0.25, -0.2) is 4.39 Å². The van der Waals surface area contributed by atoms with E-state index in [-0.39, 0.29) is 17.7 Å². The zero-order valence-corrected chi connectivity index (χ0v) is 11.1. The molecule has 0 aromatic heterocycles. The third-order valence-corrected chi connectivity index (χ3v) is 3.27. The number of amides is 1. The van der Waals surface area contributed by atoms with E-state index in [1.165, 1.54) is 7.11 Å². The van der Waals surface area contributed by atoms with Gasteiger partial charge in [0, 0.05) is 25.8 Å². The van der Waals surface area contributed by atoms with Gasteiger partial charge < -0.3 is 15.4 Å². The summed E-state index contributed by atoms with van der Waals surface area (Å²) in [6.45, 7) is 0.962. The monoisotopic (exact) mass is 306 g/mol. The molecule has 1 aromatic rings. The number of methoxy groups -OCH3 is 1. The summed E-state index contributed by atoms with van der Waals surface area (Å²) in [6, 6.07) is 1.38. The third-order valence-electron chi connectivity index (χ3n) is 3.27. The van der Waals surface area contributed by atoms with Crippen LogP contribution in [0.4, 0.5) is 17.6 Å². The van der Waals surface area contributed by atoms with Gasteiger partial charge in [0.2, 0.25) is 0 Å². The lowest BCUT2D eigenvalue weighted by Gasteiger charge is -2.19. The molecule has 0 aliphatic carbocycles. The number of alkyl halides is 3. The van der Waals surface area contributed by atoms with Crippen molar-refractivity contribution in [2.45, 2.75) is 18.3 Å². The Labute approximate surface area is 118 Å². The number of hydrogen-bond acceptors (Lipinski definition) is 3. The number of nitrogens with one attached hydrogen (secondary N) is 2. The lowest BCUT2D eigenvalue weighted by atomic mass is 10.1. The molecule has 1 fully saturated rings. The molecule has 2 N–H and O–H groups in total. The maximum absolute atomic E-state index is 13.3.